The fraction of sp³-hybridized carbons (Fsp3) is 0.250. The number of fused-ring (bicyclic) bond motifs is 3. The maximum atomic E-state index is 8.59. The minimum absolute atomic E-state index is 0.0257. The van der Waals surface area contributed by atoms with E-state index in [2.05, 4.69) is 41.6 Å². The minimum Gasteiger partial charge on any atom is -0.456 e. The van der Waals surface area contributed by atoms with Gasteiger partial charge in [0.25, 0.3) is 0 Å². The average Bonchev–Trinajstić information content (AvgIpc) is 3.61. The van der Waals surface area contributed by atoms with E-state index in [1.165, 1.54) is 36.9 Å². The molecule has 0 spiro atoms. The van der Waals surface area contributed by atoms with Crippen LogP contribution in [0.2, 0.25) is 0 Å². The third-order valence-corrected chi connectivity index (χ3v) is 7.62. The van der Waals surface area contributed by atoms with E-state index in [0.717, 1.165) is 27.6 Å². The fourth-order valence-corrected chi connectivity index (χ4v) is 5.71. The highest BCUT2D eigenvalue weighted by atomic mass is 16.3. The van der Waals surface area contributed by atoms with Crippen molar-refractivity contribution in [3.63, 3.8) is 0 Å². The molecule has 0 unspecified atom stereocenters. The highest BCUT2D eigenvalue weighted by molar-refractivity contribution is 6.15. The number of pyridine rings is 1. The number of aromatic nitrogens is 1. The Morgan fingerprint density at radius 1 is 0.914 bits per heavy atom. The van der Waals surface area contributed by atoms with Gasteiger partial charge in [0.15, 0.2) is 11.4 Å². The second-order valence-corrected chi connectivity index (χ2v) is 9.48. The van der Waals surface area contributed by atoms with Gasteiger partial charge in [-0.25, -0.2) is 4.85 Å². The van der Waals surface area contributed by atoms with Gasteiger partial charge in [0.05, 0.1) is 19.0 Å². The first kappa shape index (κ1) is 16.7. The van der Waals surface area contributed by atoms with Gasteiger partial charge in [0, 0.05) is 34.9 Å². The van der Waals surface area contributed by atoms with Crippen molar-refractivity contribution in [1.82, 2.24) is 0 Å². The molecule has 0 bridgehead atoms. The molecule has 1 aliphatic carbocycles. The summed E-state index contributed by atoms with van der Waals surface area (Å²) in [4.78, 5) is 3.65. The Morgan fingerprint density at radius 2 is 1.60 bits per heavy atom. The molecule has 0 N–H and O–H groups in total. The van der Waals surface area contributed by atoms with Crippen molar-refractivity contribution in [2.24, 2.45) is 7.05 Å². The minimum atomic E-state index is -0.471. The van der Waals surface area contributed by atoms with Crippen LogP contribution in [0.1, 0.15) is 55.3 Å². The van der Waals surface area contributed by atoms with Crippen LogP contribution in [-0.4, -0.2) is 0 Å². The highest BCUT2D eigenvalue weighted by Crippen LogP contribution is 2.44. The molecule has 2 heterocycles. The van der Waals surface area contributed by atoms with Gasteiger partial charge in [-0.3, -0.25) is 0 Å². The van der Waals surface area contributed by atoms with Crippen LogP contribution in [0.4, 0.5) is 5.69 Å². The zero-order valence-corrected chi connectivity index (χ0v) is 20.2. The van der Waals surface area contributed by atoms with Gasteiger partial charge in [-0.05, 0) is 42.9 Å². The van der Waals surface area contributed by atoms with E-state index in [1.54, 1.807) is 6.07 Å². The summed E-state index contributed by atoms with van der Waals surface area (Å²) in [5.41, 5.74) is 6.96. The van der Waals surface area contributed by atoms with Crippen LogP contribution in [0.15, 0.2) is 71.0 Å². The predicted molar refractivity (Wildman–Crippen MR) is 143 cm³/mol. The van der Waals surface area contributed by atoms with Crippen LogP contribution in [-0.2, 0) is 7.05 Å². The van der Waals surface area contributed by atoms with E-state index in [0.29, 0.717) is 17.1 Å². The quantitative estimate of drug-likeness (QED) is 0.194. The molecule has 0 radical (unpaired) electrons. The molecule has 2 aromatic heterocycles. The largest absolute Gasteiger partial charge is 0.456 e. The van der Waals surface area contributed by atoms with Crippen LogP contribution in [0, 0.1) is 20.4 Å². The van der Waals surface area contributed by atoms with Gasteiger partial charge >= 0.3 is 0 Å². The van der Waals surface area contributed by atoms with Gasteiger partial charge in [0.1, 0.15) is 18.2 Å². The van der Waals surface area contributed by atoms with Crippen LogP contribution in [0.5, 0.6) is 0 Å². The van der Waals surface area contributed by atoms with Gasteiger partial charge < -0.3 is 4.42 Å². The lowest BCUT2D eigenvalue weighted by atomic mass is 9.94. The molecule has 3 nitrogen and oxygen atoms in total. The van der Waals surface area contributed by atoms with Crippen molar-refractivity contribution in [2.45, 2.75) is 45.4 Å². The zero-order chi connectivity index (χ0) is 28.5. The number of rotatable bonds is 3. The normalized spacial score (nSPS) is 16.1. The number of nitrogens with zero attached hydrogens (tertiary/aromatic N) is 2. The van der Waals surface area contributed by atoms with Gasteiger partial charge in [0.2, 0.25) is 5.69 Å². The van der Waals surface area contributed by atoms with Gasteiger partial charge in [-0.2, -0.15) is 4.57 Å². The van der Waals surface area contributed by atoms with E-state index >= 15 is 0 Å². The molecule has 5 aromatic rings. The fourth-order valence-electron chi connectivity index (χ4n) is 5.71. The Balaban J connectivity index is 1.68. The molecule has 172 valence electrons. The molecule has 3 aromatic carbocycles. The summed E-state index contributed by atoms with van der Waals surface area (Å²) < 4.78 is 50.4. The molecule has 1 fully saturated rings. The van der Waals surface area contributed by atoms with Crippen LogP contribution in [0.25, 0.3) is 49.2 Å². The van der Waals surface area contributed by atoms with Crippen molar-refractivity contribution >= 4 is 27.6 Å². The Hall–Kier alpha value is -3.90. The molecule has 0 aliphatic heterocycles. The molecule has 0 amide bonds. The Bertz CT molecular complexity index is 1880. The summed E-state index contributed by atoms with van der Waals surface area (Å²) in [6, 6.07) is 9.84. The Morgan fingerprint density at radius 3 is 2.31 bits per heavy atom. The summed E-state index contributed by atoms with van der Waals surface area (Å²) >= 11 is 0. The van der Waals surface area contributed by atoms with E-state index in [1.807, 2.05) is 19.1 Å². The molecule has 35 heavy (non-hydrogen) atoms. The van der Waals surface area contributed by atoms with Crippen molar-refractivity contribution in [1.29, 1.82) is 0 Å². The van der Waals surface area contributed by atoms with E-state index in [9.17, 15) is 0 Å². The van der Waals surface area contributed by atoms with Gasteiger partial charge in [-0.1, -0.05) is 67.3 Å². The molecule has 6 rings (SSSR count). The number of hydrogen-bond acceptors (Lipinski definition) is 1. The maximum Gasteiger partial charge on any atom is 0.216 e. The lowest BCUT2D eigenvalue weighted by Gasteiger charge is -2.14. The molecule has 0 atom stereocenters. The smallest absolute Gasteiger partial charge is 0.216 e. The average molecular weight is 463 g/mol. The third-order valence-electron chi connectivity index (χ3n) is 7.62. The topological polar surface area (TPSA) is 21.4 Å². The standard InChI is InChI=1S/C32H29N2O/c1-20-14-15-25-26-16-18-27(33-3)30(23-12-6-5-7-13-23)32(26)35-31(25)29(20)28-19-17-24(21(2)34(28)4)22-10-8-9-11-22/h5-7,12-19,22H,8-11H2,1-2,4H3/q+1/i5D,6D,7D,12D,13D. The summed E-state index contributed by atoms with van der Waals surface area (Å²) in [5, 5.41) is 1.57. The summed E-state index contributed by atoms with van der Waals surface area (Å²) in [6.45, 7) is 12.0. The first-order valence-corrected chi connectivity index (χ1v) is 12.1. The first-order valence-electron chi connectivity index (χ1n) is 14.6. The summed E-state index contributed by atoms with van der Waals surface area (Å²) in [5.74, 6) is 0.593. The van der Waals surface area contributed by atoms with Crippen molar-refractivity contribution in [3.05, 3.63) is 94.8 Å². The summed E-state index contributed by atoms with van der Waals surface area (Å²) in [7, 11) is 2.08. The molecule has 0 saturated heterocycles. The Kier molecular flexibility index (Phi) is 4.00. The lowest BCUT2D eigenvalue weighted by Crippen LogP contribution is -2.36. The monoisotopic (exact) mass is 462 g/mol. The first-order chi connectivity index (χ1) is 19.1. The molecule has 1 saturated carbocycles. The number of benzene rings is 3. The molecule has 3 heteroatoms. The van der Waals surface area contributed by atoms with E-state index in [-0.39, 0.29) is 28.9 Å². The van der Waals surface area contributed by atoms with Crippen molar-refractivity contribution in [3.8, 4) is 22.4 Å². The zero-order valence-electron chi connectivity index (χ0n) is 25.2. The molecule has 1 aliphatic rings. The second kappa shape index (κ2) is 8.40. The summed E-state index contributed by atoms with van der Waals surface area (Å²) in [6.07, 6.45) is 5.00. The molecular formula is C32H29N2O+. The number of hydrogen-bond donors (Lipinski definition) is 0. The van der Waals surface area contributed by atoms with Crippen LogP contribution in [0.3, 0.4) is 0 Å². The second-order valence-electron chi connectivity index (χ2n) is 9.48. The van der Waals surface area contributed by atoms with Crippen molar-refractivity contribution < 1.29 is 15.8 Å². The van der Waals surface area contributed by atoms with Gasteiger partial charge in [-0.15, -0.1) is 0 Å². The number of aryl methyl sites for hydroxylation is 1. The number of furan rings is 1. The van der Waals surface area contributed by atoms with E-state index in [4.69, 9.17) is 17.8 Å². The van der Waals surface area contributed by atoms with E-state index < -0.39 is 18.1 Å². The highest BCUT2D eigenvalue weighted by Gasteiger charge is 2.27. The molecular weight excluding hydrogens is 428 g/mol. The third kappa shape index (κ3) is 3.36. The lowest BCUT2D eigenvalue weighted by molar-refractivity contribution is -0.667. The Labute approximate surface area is 213 Å². The maximum absolute atomic E-state index is 8.59. The van der Waals surface area contributed by atoms with Crippen LogP contribution >= 0.6 is 0 Å². The predicted octanol–water partition coefficient (Wildman–Crippen LogP) is 8.57. The SMILES string of the molecule is [2H]c1c([2H])c([2H])c(-c2c([N+]#[C-])ccc3c2oc2c(-c4ccc(C5CCCC5)c(C)[n+]4C)c(C)ccc23)c([2H])c1[2H]. The van der Waals surface area contributed by atoms with Crippen molar-refractivity contribution in [2.75, 3.05) is 0 Å². The van der Waals surface area contributed by atoms with Crippen LogP contribution < -0.4 is 4.57 Å².